The lowest BCUT2D eigenvalue weighted by Gasteiger charge is -2.48. The van der Waals surface area contributed by atoms with Crippen LogP contribution in [-0.2, 0) is 28.2 Å². The summed E-state index contributed by atoms with van der Waals surface area (Å²) in [6.07, 6.45) is 3.40. The van der Waals surface area contributed by atoms with E-state index in [0.29, 0.717) is 25.9 Å². The Kier molecular flexibility index (Phi) is 4.64. The molecule has 0 spiro atoms. The van der Waals surface area contributed by atoms with Crippen LogP contribution in [0.2, 0.25) is 0 Å². The third-order valence-corrected chi connectivity index (χ3v) is 16.7. The number of rotatable bonds is 10. The first-order chi connectivity index (χ1) is 13.1. The van der Waals surface area contributed by atoms with Gasteiger partial charge >= 0.3 is 0 Å². The molecule has 27 heavy (non-hydrogen) atoms. The van der Waals surface area contributed by atoms with Crippen LogP contribution in [0, 0.1) is 0 Å². The van der Waals surface area contributed by atoms with Crippen molar-refractivity contribution in [1.29, 1.82) is 0 Å². The second kappa shape index (κ2) is 6.81. The standard InChI is InChI=1S/C15H26N3O6P3/c19-27(10-15-7-24-15)17(1-11-3-20-11)25-16-26(8-13-5-22-13,9-14-6-23-14)18(27)2-12-4-21-12/h11-15,25H,1-10H2. The highest BCUT2D eigenvalue weighted by Gasteiger charge is 2.55. The van der Waals surface area contributed by atoms with Crippen molar-refractivity contribution in [2.24, 2.45) is 4.52 Å². The van der Waals surface area contributed by atoms with Crippen LogP contribution in [0.1, 0.15) is 0 Å². The quantitative estimate of drug-likeness (QED) is 0.374. The molecule has 5 fully saturated rings. The van der Waals surface area contributed by atoms with Gasteiger partial charge in [-0.25, -0.2) is 4.44 Å². The zero-order chi connectivity index (χ0) is 18.1. The average molecular weight is 437 g/mol. The fraction of sp³-hybridized carbons (Fsp3) is 1.00. The maximum atomic E-state index is 14.6. The summed E-state index contributed by atoms with van der Waals surface area (Å²) in [6.45, 7) is 5.24. The Labute approximate surface area is 160 Å². The Hall–Kier alpha value is 0.610. The molecule has 0 bridgehead atoms. The zero-order valence-electron chi connectivity index (χ0n) is 15.1. The molecule has 7 unspecified atom stereocenters. The van der Waals surface area contributed by atoms with Crippen LogP contribution in [0.3, 0.4) is 0 Å². The fourth-order valence-corrected chi connectivity index (χ4v) is 16.3. The summed E-state index contributed by atoms with van der Waals surface area (Å²) in [5, 5.41) is 0. The molecule has 152 valence electrons. The molecule has 0 aromatic carbocycles. The molecule has 5 saturated heterocycles. The predicted molar refractivity (Wildman–Crippen MR) is 102 cm³/mol. The Morgan fingerprint density at radius 2 is 1.26 bits per heavy atom. The maximum Gasteiger partial charge on any atom is 0.228 e. The third-order valence-electron chi connectivity index (χ3n) is 5.70. The second-order valence-electron chi connectivity index (χ2n) is 8.20. The van der Waals surface area contributed by atoms with E-state index in [1.54, 1.807) is 0 Å². The van der Waals surface area contributed by atoms with Crippen molar-refractivity contribution in [3.05, 3.63) is 0 Å². The van der Waals surface area contributed by atoms with E-state index >= 15 is 0 Å². The number of epoxide rings is 5. The van der Waals surface area contributed by atoms with E-state index in [2.05, 4.69) is 8.88 Å². The summed E-state index contributed by atoms with van der Waals surface area (Å²) in [6, 6.07) is 0. The summed E-state index contributed by atoms with van der Waals surface area (Å²) < 4.78 is 52.1. The van der Waals surface area contributed by atoms with Crippen LogP contribution in [-0.4, -0.2) is 104 Å². The minimum Gasteiger partial charge on any atom is -0.373 e. The Bertz CT molecular complexity index is 687. The molecule has 0 radical (unpaired) electrons. The summed E-state index contributed by atoms with van der Waals surface area (Å²) in [4.78, 5) is 0. The Balaban J connectivity index is 1.38. The van der Waals surface area contributed by atoms with Gasteiger partial charge in [-0.05, 0) is 0 Å². The van der Waals surface area contributed by atoms with Gasteiger partial charge in [-0.15, -0.1) is 0 Å². The first-order valence-corrected chi connectivity index (χ1v) is 14.5. The van der Waals surface area contributed by atoms with Gasteiger partial charge in [0.05, 0.1) is 85.8 Å². The SMILES string of the molecule is O=P1(CC2CO2)N(CC2CO2)PN=P(CC2CO2)(CC2CO2)N1CC1CO1. The summed E-state index contributed by atoms with van der Waals surface area (Å²) in [5.74, 6) is 0. The largest absolute Gasteiger partial charge is 0.373 e. The van der Waals surface area contributed by atoms with Crippen molar-refractivity contribution in [3.63, 3.8) is 0 Å². The fourth-order valence-electron chi connectivity index (χ4n) is 3.79. The van der Waals surface area contributed by atoms with E-state index < -0.39 is 14.6 Å². The Morgan fingerprint density at radius 1 is 0.778 bits per heavy atom. The molecule has 0 aliphatic carbocycles. The first-order valence-electron chi connectivity index (χ1n) is 9.72. The molecule has 0 saturated carbocycles. The molecule has 12 heteroatoms. The van der Waals surface area contributed by atoms with E-state index in [1.807, 2.05) is 0 Å². The molecule has 6 rings (SSSR count). The molecule has 0 amide bonds. The zero-order valence-corrected chi connectivity index (χ0v) is 17.9. The van der Waals surface area contributed by atoms with Gasteiger partial charge < -0.3 is 23.7 Å². The van der Waals surface area contributed by atoms with Gasteiger partial charge in [0.1, 0.15) is 0 Å². The highest BCUT2D eigenvalue weighted by atomic mass is 31.3. The lowest BCUT2D eigenvalue weighted by Crippen LogP contribution is -2.37. The second-order valence-corrected chi connectivity index (χ2v) is 16.1. The average Bonchev–Trinajstić information content (AvgIpc) is 3.44. The molecule has 0 aromatic rings. The minimum atomic E-state index is -2.80. The topological polar surface area (TPSA) is 98.6 Å². The van der Waals surface area contributed by atoms with E-state index in [1.165, 1.54) is 0 Å². The predicted octanol–water partition coefficient (Wildman–Crippen LogP) is 1.42. The van der Waals surface area contributed by atoms with Crippen molar-refractivity contribution < 1.29 is 28.2 Å². The van der Waals surface area contributed by atoms with Gasteiger partial charge in [0.2, 0.25) is 7.44 Å². The molecule has 0 N–H and O–H groups in total. The highest BCUT2D eigenvalue weighted by Crippen LogP contribution is 2.78. The lowest BCUT2D eigenvalue weighted by atomic mass is 10.5. The van der Waals surface area contributed by atoms with Gasteiger partial charge in [-0.1, -0.05) is 0 Å². The molecule has 9 nitrogen and oxygen atoms in total. The summed E-state index contributed by atoms with van der Waals surface area (Å²) in [7, 11) is -4.54. The van der Waals surface area contributed by atoms with Crippen molar-refractivity contribution in [2.45, 2.75) is 30.5 Å². The molecular weight excluding hydrogens is 411 g/mol. The molecular formula is C15H26N3O6P3. The van der Waals surface area contributed by atoms with Crippen LogP contribution in [0.4, 0.5) is 0 Å². The van der Waals surface area contributed by atoms with Gasteiger partial charge in [-0.3, -0.25) is 9.08 Å². The van der Waals surface area contributed by atoms with E-state index in [4.69, 9.17) is 28.2 Å². The molecule has 7 atom stereocenters. The van der Waals surface area contributed by atoms with Crippen LogP contribution in [0.15, 0.2) is 4.52 Å². The number of hydrogen-bond acceptors (Lipinski definition) is 7. The van der Waals surface area contributed by atoms with Crippen molar-refractivity contribution in [1.82, 2.24) is 8.88 Å². The molecule has 0 aromatic heterocycles. The summed E-state index contributed by atoms with van der Waals surface area (Å²) >= 11 is 0. The van der Waals surface area contributed by atoms with Crippen molar-refractivity contribution in [3.8, 4) is 0 Å². The number of ether oxygens (including phenoxy) is 5. The van der Waals surface area contributed by atoms with Gasteiger partial charge in [-0.2, -0.15) is 4.44 Å². The van der Waals surface area contributed by atoms with Gasteiger partial charge in [0, 0.05) is 25.4 Å². The molecule has 6 aliphatic heterocycles. The first kappa shape index (κ1) is 18.4. The minimum absolute atomic E-state index is 0.111. The normalized spacial score (nSPS) is 51.8. The van der Waals surface area contributed by atoms with E-state index in [9.17, 15) is 4.57 Å². The third kappa shape index (κ3) is 4.11. The van der Waals surface area contributed by atoms with Gasteiger partial charge in [0.15, 0.2) is 0 Å². The highest BCUT2D eigenvalue weighted by molar-refractivity contribution is 7.83. The smallest absolute Gasteiger partial charge is 0.228 e. The summed E-state index contributed by atoms with van der Waals surface area (Å²) in [5.41, 5.74) is 0. The molecule has 6 aliphatic rings. The lowest BCUT2D eigenvalue weighted by molar-refractivity contribution is 0.357. The van der Waals surface area contributed by atoms with E-state index in [0.717, 1.165) is 38.8 Å². The van der Waals surface area contributed by atoms with Crippen LogP contribution < -0.4 is 0 Å². The van der Waals surface area contributed by atoms with Crippen LogP contribution in [0.5, 0.6) is 0 Å². The van der Waals surface area contributed by atoms with Crippen LogP contribution in [0.25, 0.3) is 0 Å². The monoisotopic (exact) mass is 437 g/mol. The van der Waals surface area contributed by atoms with E-state index in [-0.39, 0.29) is 39.4 Å². The maximum absolute atomic E-state index is 14.6. The van der Waals surface area contributed by atoms with Crippen molar-refractivity contribution in [2.75, 3.05) is 64.6 Å². The van der Waals surface area contributed by atoms with Gasteiger partial charge in [0.25, 0.3) is 0 Å². The number of hydrogen-bond donors (Lipinski definition) is 0. The van der Waals surface area contributed by atoms with Crippen molar-refractivity contribution >= 4 is 23.5 Å². The van der Waals surface area contributed by atoms with Crippen LogP contribution >= 0.6 is 23.5 Å². The number of nitrogens with zero attached hydrogens (tertiary/aromatic N) is 3. The molecule has 6 heterocycles. The Morgan fingerprint density at radius 3 is 1.78 bits per heavy atom.